The molecule has 140 valence electrons. The Morgan fingerprint density at radius 3 is 2.41 bits per heavy atom. The van der Waals surface area contributed by atoms with Crippen LogP contribution < -0.4 is 8.79 Å². The van der Waals surface area contributed by atoms with E-state index in [0.717, 1.165) is 5.69 Å². The molecule has 3 heterocycles. The third kappa shape index (κ3) is 2.36. The molecule has 29 heavy (non-hydrogen) atoms. The van der Waals surface area contributed by atoms with Gasteiger partial charge in [0.15, 0.2) is 0 Å². The molecule has 0 saturated heterocycles. The Morgan fingerprint density at radius 2 is 1.55 bits per heavy atom. The Balaban J connectivity index is 1.72. The van der Waals surface area contributed by atoms with Crippen molar-refractivity contribution in [1.82, 2.24) is 4.98 Å². The first-order chi connectivity index (χ1) is 14.1. The number of hydrogen-bond acceptors (Lipinski definition) is 2. The Morgan fingerprint density at radius 1 is 0.759 bits per heavy atom. The number of pyridine rings is 1. The number of hydrogen-bond donors (Lipinski definition) is 0. The van der Waals surface area contributed by atoms with Crippen LogP contribution in [0.25, 0.3) is 42.6 Å². The zero-order valence-corrected chi connectivity index (χ0v) is 19.7. The first-order valence-electron chi connectivity index (χ1n) is 10.1. The van der Waals surface area contributed by atoms with Crippen LogP contribution in [0.15, 0.2) is 72.9 Å². The minimum absolute atomic E-state index is 1.07. The van der Waals surface area contributed by atoms with E-state index < -0.39 is 13.3 Å². The fourth-order valence-electron chi connectivity index (χ4n) is 4.99. The van der Waals surface area contributed by atoms with Gasteiger partial charge in [-0.15, -0.1) is 0 Å². The van der Waals surface area contributed by atoms with E-state index in [1.807, 2.05) is 17.5 Å². The van der Waals surface area contributed by atoms with Gasteiger partial charge in [-0.1, -0.05) is 0 Å². The summed E-state index contributed by atoms with van der Waals surface area (Å²) in [5.74, 6) is 5.11. The molecule has 2 aromatic heterocycles. The predicted molar refractivity (Wildman–Crippen MR) is 129 cm³/mol. The van der Waals surface area contributed by atoms with Gasteiger partial charge in [-0.05, 0) is 0 Å². The molecule has 0 amide bonds. The molecule has 0 bridgehead atoms. The molecule has 3 heteroatoms. The summed E-state index contributed by atoms with van der Waals surface area (Å²) < 4.78 is 6.14. The second-order valence-electron chi connectivity index (χ2n) is 8.54. The summed E-state index contributed by atoms with van der Waals surface area (Å²) in [6.45, 7) is 2.14. The molecule has 0 atom stereocenters. The van der Waals surface area contributed by atoms with Crippen molar-refractivity contribution in [3.05, 3.63) is 78.5 Å². The standard InChI is InChI=1S/C26H21GeNS/c1-16-13-14-28-23(15-16)21-9-6-8-19-20-12-11-18-17-7-4-5-10-22(17)27(2,3)24(18)26(20)29-25(19)21/h4-15H,1-3H3. The van der Waals surface area contributed by atoms with Gasteiger partial charge in [0.1, 0.15) is 0 Å². The zero-order chi connectivity index (χ0) is 19.8. The number of benzene rings is 3. The van der Waals surface area contributed by atoms with Gasteiger partial charge in [-0.2, -0.15) is 0 Å². The number of rotatable bonds is 1. The van der Waals surface area contributed by atoms with Gasteiger partial charge < -0.3 is 0 Å². The molecule has 1 nitrogen and oxygen atoms in total. The molecule has 5 aromatic rings. The van der Waals surface area contributed by atoms with Gasteiger partial charge in [0.25, 0.3) is 0 Å². The van der Waals surface area contributed by atoms with Crippen LogP contribution in [0.3, 0.4) is 0 Å². The molecular formula is C26H21GeNS. The summed E-state index contributed by atoms with van der Waals surface area (Å²) in [4.78, 5) is 4.68. The third-order valence-corrected chi connectivity index (χ3v) is 15.5. The van der Waals surface area contributed by atoms with Crippen LogP contribution in [0.1, 0.15) is 5.56 Å². The van der Waals surface area contributed by atoms with E-state index in [1.54, 1.807) is 8.79 Å². The number of aryl methyl sites for hydroxylation is 1. The van der Waals surface area contributed by atoms with Crippen LogP contribution in [0, 0.1) is 6.92 Å². The van der Waals surface area contributed by atoms with Crippen LogP contribution in [0.5, 0.6) is 0 Å². The van der Waals surface area contributed by atoms with Crippen LogP contribution in [0.4, 0.5) is 0 Å². The van der Waals surface area contributed by atoms with Crippen molar-refractivity contribution in [1.29, 1.82) is 0 Å². The average molecular weight is 452 g/mol. The fraction of sp³-hybridized carbons (Fsp3) is 0.115. The van der Waals surface area contributed by atoms with Crippen molar-refractivity contribution in [2.24, 2.45) is 0 Å². The molecule has 6 rings (SSSR count). The van der Waals surface area contributed by atoms with Crippen molar-refractivity contribution < 1.29 is 0 Å². The van der Waals surface area contributed by atoms with Crippen molar-refractivity contribution in [2.45, 2.75) is 18.4 Å². The molecule has 0 aliphatic carbocycles. The van der Waals surface area contributed by atoms with Crippen molar-refractivity contribution in [2.75, 3.05) is 0 Å². The minimum atomic E-state index is -2.32. The van der Waals surface area contributed by atoms with Crippen molar-refractivity contribution in [3.8, 4) is 22.4 Å². The summed E-state index contributed by atoms with van der Waals surface area (Å²) in [7, 11) is 0. The monoisotopic (exact) mass is 453 g/mol. The molecule has 0 fully saturated rings. The quantitative estimate of drug-likeness (QED) is 0.275. The van der Waals surface area contributed by atoms with Crippen LogP contribution in [-0.2, 0) is 0 Å². The Kier molecular flexibility index (Phi) is 3.63. The van der Waals surface area contributed by atoms with E-state index in [-0.39, 0.29) is 0 Å². The van der Waals surface area contributed by atoms with Gasteiger partial charge >= 0.3 is 178 Å². The Hall–Kier alpha value is -2.43. The molecule has 1 aliphatic rings. The molecule has 1 aliphatic heterocycles. The van der Waals surface area contributed by atoms with Gasteiger partial charge in [0.2, 0.25) is 0 Å². The van der Waals surface area contributed by atoms with Crippen LogP contribution in [0.2, 0.25) is 11.5 Å². The SMILES string of the molecule is Cc1ccnc(-c2cccc3c2sc2[c]4c(ccc23)-c2cccc[c]2[Ge]4([CH3])[CH3])c1. The number of thiophene rings is 1. The average Bonchev–Trinajstić information content (AvgIpc) is 3.21. The Labute approximate surface area is 177 Å². The molecule has 3 aromatic carbocycles. The van der Waals surface area contributed by atoms with Crippen LogP contribution in [-0.4, -0.2) is 18.3 Å². The maximum atomic E-state index is 4.68. The first-order valence-corrected chi connectivity index (χ1v) is 17.2. The van der Waals surface area contributed by atoms with E-state index in [9.17, 15) is 0 Å². The molecule has 0 N–H and O–H groups in total. The van der Waals surface area contributed by atoms with E-state index in [1.165, 1.54) is 42.4 Å². The molecule has 0 radical (unpaired) electrons. The fourth-order valence-corrected chi connectivity index (χ4v) is 14.8. The van der Waals surface area contributed by atoms with E-state index in [2.05, 4.69) is 90.2 Å². The summed E-state index contributed by atoms with van der Waals surface area (Å²) in [5.41, 5.74) is 6.51. The van der Waals surface area contributed by atoms with Crippen LogP contribution >= 0.6 is 11.3 Å². The second kappa shape index (κ2) is 6.04. The second-order valence-corrected chi connectivity index (χ2v) is 18.6. The van der Waals surface area contributed by atoms with E-state index in [4.69, 9.17) is 0 Å². The van der Waals surface area contributed by atoms with Crippen molar-refractivity contribution >= 4 is 53.6 Å². The van der Waals surface area contributed by atoms with E-state index >= 15 is 0 Å². The van der Waals surface area contributed by atoms with E-state index in [0.29, 0.717) is 0 Å². The number of nitrogens with zero attached hydrogens (tertiary/aromatic N) is 1. The van der Waals surface area contributed by atoms with Gasteiger partial charge in [0.05, 0.1) is 0 Å². The summed E-state index contributed by atoms with van der Waals surface area (Å²) in [6.07, 6.45) is 1.92. The first kappa shape index (κ1) is 17.4. The topological polar surface area (TPSA) is 12.9 Å². The molecule has 0 saturated carbocycles. The molecular weight excluding hydrogens is 431 g/mol. The summed E-state index contributed by atoms with van der Waals surface area (Å²) in [6, 6.07) is 24.7. The molecule has 0 spiro atoms. The normalized spacial score (nSPS) is 14.3. The number of fused-ring (bicyclic) bond motifs is 7. The Bertz CT molecular complexity index is 1440. The van der Waals surface area contributed by atoms with Gasteiger partial charge in [-0.3, -0.25) is 0 Å². The maximum absolute atomic E-state index is 4.68. The summed E-state index contributed by atoms with van der Waals surface area (Å²) in [5, 5.41) is 2.77. The zero-order valence-electron chi connectivity index (χ0n) is 16.8. The van der Waals surface area contributed by atoms with Crippen molar-refractivity contribution in [3.63, 3.8) is 0 Å². The number of aromatic nitrogens is 1. The predicted octanol–water partition coefficient (Wildman–Crippen LogP) is 6.23. The van der Waals surface area contributed by atoms with Gasteiger partial charge in [-0.25, -0.2) is 0 Å². The summed E-state index contributed by atoms with van der Waals surface area (Å²) >= 11 is -0.350. The van der Waals surface area contributed by atoms with Gasteiger partial charge in [0, 0.05) is 0 Å². The third-order valence-electron chi connectivity index (χ3n) is 6.37. The molecule has 0 unspecified atom stereocenters.